The van der Waals surface area contributed by atoms with Gasteiger partial charge in [-0.25, -0.2) is 4.79 Å². The first-order valence-corrected chi connectivity index (χ1v) is 11.1. The third kappa shape index (κ3) is 5.59. The van der Waals surface area contributed by atoms with Gasteiger partial charge in [-0.15, -0.1) is 18.2 Å². The van der Waals surface area contributed by atoms with Gasteiger partial charge in [0.1, 0.15) is 11.8 Å². The molecule has 2 saturated heterocycles. The molecule has 2 heterocycles. The van der Waals surface area contributed by atoms with Crippen LogP contribution in [-0.4, -0.2) is 88.0 Å². The van der Waals surface area contributed by atoms with Gasteiger partial charge in [0.05, 0.1) is 17.5 Å². The number of terminal acetylenes is 1. The molecule has 2 rings (SSSR count). The fourth-order valence-electron chi connectivity index (χ4n) is 3.66. The van der Waals surface area contributed by atoms with E-state index >= 15 is 0 Å². The van der Waals surface area contributed by atoms with Crippen LogP contribution in [0.5, 0.6) is 0 Å². The third-order valence-electron chi connectivity index (χ3n) is 5.14. The first-order valence-electron chi connectivity index (χ1n) is 10.0. The van der Waals surface area contributed by atoms with Crippen molar-refractivity contribution >= 4 is 29.7 Å². The second-order valence-corrected chi connectivity index (χ2v) is 9.74. The molecule has 10 heteroatoms. The molecule has 0 aromatic heterocycles. The summed E-state index contributed by atoms with van der Waals surface area (Å²) in [7, 11) is 2.96. The van der Waals surface area contributed by atoms with Crippen LogP contribution in [0.4, 0.5) is 4.79 Å². The van der Waals surface area contributed by atoms with Crippen molar-refractivity contribution < 1.29 is 24.2 Å². The number of rotatable bonds is 4. The molecule has 2 fully saturated rings. The summed E-state index contributed by atoms with van der Waals surface area (Å²) in [5.41, 5.74) is -0.727. The monoisotopic (exact) mass is 440 g/mol. The minimum atomic E-state index is -1.19. The lowest BCUT2D eigenvalue weighted by Crippen LogP contribution is -2.59. The van der Waals surface area contributed by atoms with Gasteiger partial charge in [0, 0.05) is 14.1 Å². The van der Waals surface area contributed by atoms with Crippen LogP contribution in [-0.2, 0) is 14.3 Å². The highest BCUT2D eigenvalue weighted by atomic mass is 32.2. The van der Waals surface area contributed by atoms with E-state index in [9.17, 15) is 19.5 Å². The minimum absolute atomic E-state index is 0.0112. The average molecular weight is 441 g/mol. The smallest absolute Gasteiger partial charge is 0.411 e. The zero-order chi connectivity index (χ0) is 22.6. The van der Waals surface area contributed by atoms with Crippen LogP contribution in [0, 0.1) is 12.3 Å². The number of aliphatic hydroxyl groups is 1. The summed E-state index contributed by atoms with van der Waals surface area (Å²) in [6, 6.07) is -2.26. The molecule has 5 unspecified atom stereocenters. The Morgan fingerprint density at radius 2 is 1.97 bits per heavy atom. The molecule has 0 aliphatic carbocycles. The summed E-state index contributed by atoms with van der Waals surface area (Å²) >= 11 is 1.66. The predicted octanol–water partition coefficient (Wildman–Crippen LogP) is 0.332. The van der Waals surface area contributed by atoms with Gasteiger partial charge in [-0.2, -0.15) is 0 Å². The van der Waals surface area contributed by atoms with E-state index < -0.39 is 42.0 Å². The molecule has 0 radical (unpaired) electrons. The van der Waals surface area contributed by atoms with E-state index in [-0.39, 0.29) is 11.3 Å². The molecule has 0 saturated carbocycles. The number of thioether (sulfide) groups is 1. The van der Waals surface area contributed by atoms with E-state index in [2.05, 4.69) is 16.6 Å². The van der Waals surface area contributed by atoms with Crippen molar-refractivity contribution in [3.63, 3.8) is 0 Å². The Labute approximate surface area is 182 Å². The number of amides is 3. The molecule has 30 heavy (non-hydrogen) atoms. The van der Waals surface area contributed by atoms with Crippen molar-refractivity contribution in [1.82, 2.24) is 20.4 Å². The van der Waals surface area contributed by atoms with Crippen LogP contribution >= 0.6 is 11.8 Å². The zero-order valence-corrected chi connectivity index (χ0v) is 19.0. The molecule has 0 bridgehead atoms. The lowest BCUT2D eigenvalue weighted by Gasteiger charge is -2.35. The summed E-state index contributed by atoms with van der Waals surface area (Å²) < 4.78 is 5.28. The van der Waals surface area contributed by atoms with Crippen LogP contribution in [0.15, 0.2) is 0 Å². The number of hydrogen-bond acceptors (Lipinski definition) is 7. The molecule has 2 aliphatic heterocycles. The molecule has 0 aromatic carbocycles. The quantitative estimate of drug-likeness (QED) is 0.540. The molecule has 9 nitrogen and oxygen atoms in total. The van der Waals surface area contributed by atoms with Crippen molar-refractivity contribution in [3.8, 4) is 12.3 Å². The van der Waals surface area contributed by atoms with Crippen LogP contribution in [0.1, 0.15) is 40.0 Å². The Morgan fingerprint density at radius 3 is 2.53 bits per heavy atom. The van der Waals surface area contributed by atoms with Crippen LogP contribution in [0.2, 0.25) is 0 Å². The first-order chi connectivity index (χ1) is 14.0. The van der Waals surface area contributed by atoms with Crippen LogP contribution in [0.3, 0.4) is 0 Å². The molecule has 0 aromatic rings. The topological polar surface area (TPSA) is 111 Å². The van der Waals surface area contributed by atoms with Crippen molar-refractivity contribution in [2.75, 3.05) is 19.8 Å². The maximum atomic E-state index is 12.9. The minimum Gasteiger partial charge on any atom is -0.444 e. The average Bonchev–Trinajstić information content (AvgIpc) is 3.02. The van der Waals surface area contributed by atoms with Crippen molar-refractivity contribution in [2.24, 2.45) is 0 Å². The van der Waals surface area contributed by atoms with E-state index in [1.807, 2.05) is 0 Å². The molecule has 168 valence electrons. The highest BCUT2D eigenvalue weighted by Gasteiger charge is 2.46. The van der Waals surface area contributed by atoms with Crippen molar-refractivity contribution in [2.45, 2.75) is 75.4 Å². The second-order valence-electron chi connectivity index (χ2n) is 8.46. The Kier molecular flexibility index (Phi) is 8.02. The Bertz CT molecular complexity index is 704. The van der Waals surface area contributed by atoms with E-state index in [1.54, 1.807) is 44.5 Å². The van der Waals surface area contributed by atoms with Crippen molar-refractivity contribution in [1.29, 1.82) is 0 Å². The number of carbonyl (C=O) groups excluding carboxylic acids is 3. The van der Waals surface area contributed by atoms with Gasteiger partial charge in [-0.1, -0.05) is 5.92 Å². The van der Waals surface area contributed by atoms with Gasteiger partial charge < -0.3 is 20.5 Å². The molecule has 5 atom stereocenters. The highest BCUT2D eigenvalue weighted by molar-refractivity contribution is 7.99. The number of nitrogens with one attached hydrogen (secondary N) is 2. The number of ether oxygens (including phenoxy) is 1. The fraction of sp³-hybridized carbons (Fsp3) is 0.750. The van der Waals surface area contributed by atoms with E-state index in [1.165, 1.54) is 7.05 Å². The Balaban J connectivity index is 2.11. The Hall–Kier alpha value is -1.96. The predicted molar refractivity (Wildman–Crippen MR) is 114 cm³/mol. The summed E-state index contributed by atoms with van der Waals surface area (Å²) in [6.45, 7) is 5.16. The highest BCUT2D eigenvalue weighted by Crippen LogP contribution is 2.37. The summed E-state index contributed by atoms with van der Waals surface area (Å²) in [4.78, 5) is 40.2. The largest absolute Gasteiger partial charge is 0.444 e. The number of likely N-dealkylation sites (N-methyl/N-ethyl adjacent to an activating group) is 2. The van der Waals surface area contributed by atoms with E-state index in [0.717, 1.165) is 11.3 Å². The van der Waals surface area contributed by atoms with E-state index in [4.69, 9.17) is 11.2 Å². The van der Waals surface area contributed by atoms with Gasteiger partial charge in [0.15, 0.2) is 6.04 Å². The summed E-state index contributed by atoms with van der Waals surface area (Å²) in [5, 5.41) is 16.4. The van der Waals surface area contributed by atoms with Gasteiger partial charge in [0.25, 0.3) is 5.91 Å². The number of fused-ring (bicyclic) bond motifs is 1. The molecule has 0 spiro atoms. The Morgan fingerprint density at radius 1 is 1.30 bits per heavy atom. The van der Waals surface area contributed by atoms with Gasteiger partial charge in [-0.3, -0.25) is 19.4 Å². The maximum absolute atomic E-state index is 12.9. The van der Waals surface area contributed by atoms with Gasteiger partial charge >= 0.3 is 6.09 Å². The molecule has 2 aliphatic rings. The summed E-state index contributed by atoms with van der Waals surface area (Å²) in [6.07, 6.45) is 5.71. The van der Waals surface area contributed by atoms with Crippen molar-refractivity contribution in [3.05, 3.63) is 0 Å². The number of hydrogen-bond donors (Lipinski definition) is 3. The normalized spacial score (nSPS) is 27.8. The molecular weight excluding hydrogens is 408 g/mol. The lowest BCUT2D eigenvalue weighted by molar-refractivity contribution is -0.132. The SMILES string of the molecule is C#CC(C(=O)NC1CCSC2CCC(C(=O)NC)N2C1O)N(C)C(=O)OC(C)(C)C. The van der Waals surface area contributed by atoms with E-state index in [0.29, 0.717) is 18.6 Å². The lowest BCUT2D eigenvalue weighted by atomic mass is 10.1. The first kappa shape index (κ1) is 24.3. The van der Waals surface area contributed by atoms with Gasteiger partial charge in [-0.05, 0) is 45.8 Å². The standard InChI is InChI=1S/C20H32N4O5S/c1-7-13(23(6)19(28)29-20(2,3)4)17(26)22-12-10-11-30-15-9-8-14(16(25)21-5)24(15)18(12)27/h1,12-15,18,27H,8-11H2,2-6H3,(H,21,25)(H,22,26). The van der Waals surface area contributed by atoms with Crippen LogP contribution < -0.4 is 10.6 Å². The molecule has 3 amide bonds. The number of nitrogens with zero attached hydrogens (tertiary/aromatic N) is 2. The number of carbonyl (C=O) groups is 3. The third-order valence-corrected chi connectivity index (χ3v) is 6.47. The maximum Gasteiger partial charge on any atom is 0.411 e. The fourth-order valence-corrected chi connectivity index (χ4v) is 5.06. The zero-order valence-electron chi connectivity index (χ0n) is 18.2. The molecular formula is C20H32N4O5S. The second kappa shape index (κ2) is 9.90. The summed E-state index contributed by atoms with van der Waals surface area (Å²) in [5.74, 6) is 2.30. The molecule has 3 N–H and O–H groups in total. The van der Waals surface area contributed by atoms with Gasteiger partial charge in [0.2, 0.25) is 5.91 Å². The van der Waals surface area contributed by atoms with Crippen LogP contribution in [0.25, 0.3) is 0 Å². The number of aliphatic hydroxyl groups excluding tert-OH is 1.